The quantitative estimate of drug-likeness (QED) is 0.605. The van der Waals surface area contributed by atoms with E-state index in [1.54, 1.807) is 17.2 Å². The summed E-state index contributed by atoms with van der Waals surface area (Å²) in [6.45, 7) is 1.83. The largest absolute Gasteiger partial charge is 0.261 e. The van der Waals surface area contributed by atoms with Crippen LogP contribution in [0.5, 0.6) is 0 Å². The molecule has 2 aromatic rings. The van der Waals surface area contributed by atoms with Crippen molar-refractivity contribution in [3.63, 3.8) is 0 Å². The minimum atomic E-state index is 0.563. The van der Waals surface area contributed by atoms with Crippen LogP contribution in [0.1, 0.15) is 5.82 Å². The Morgan fingerprint density at radius 3 is 2.64 bits per heavy atom. The van der Waals surface area contributed by atoms with Gasteiger partial charge in [-0.05, 0) is 6.92 Å². The molecule has 2 rings (SSSR count). The lowest BCUT2D eigenvalue weighted by atomic mass is 10.7. The molecule has 0 spiro atoms. The zero-order valence-electron chi connectivity index (χ0n) is 5.89. The van der Waals surface area contributed by atoms with E-state index in [1.165, 1.54) is 0 Å². The first-order chi connectivity index (χ1) is 5.36. The number of hydrogen-bond donors (Lipinski definition) is 1. The summed E-state index contributed by atoms with van der Waals surface area (Å²) in [5, 5.41) is 13.9. The average Bonchev–Trinajstić information content (AvgIpc) is 2.55. The summed E-state index contributed by atoms with van der Waals surface area (Å²) in [6, 6.07) is 0. The van der Waals surface area contributed by atoms with E-state index in [1.807, 2.05) is 6.92 Å². The highest BCUT2D eigenvalue weighted by molar-refractivity contribution is 5.06. The number of H-pyrrole nitrogens is 1. The van der Waals surface area contributed by atoms with E-state index in [-0.39, 0.29) is 0 Å². The summed E-state index contributed by atoms with van der Waals surface area (Å²) in [5.41, 5.74) is 0. The number of nitrogens with zero attached hydrogens (tertiary/aromatic N) is 5. The number of hydrogen-bond acceptors (Lipinski definition) is 4. The molecular formula is C5H6N6. The third kappa shape index (κ3) is 0.977. The first-order valence-corrected chi connectivity index (χ1v) is 3.10. The molecule has 2 aromatic heterocycles. The lowest BCUT2D eigenvalue weighted by Gasteiger charge is -1.87. The van der Waals surface area contributed by atoms with Gasteiger partial charge in [0.25, 0.3) is 5.95 Å². The van der Waals surface area contributed by atoms with Gasteiger partial charge in [0.15, 0.2) is 0 Å². The highest BCUT2D eigenvalue weighted by Crippen LogP contribution is 1.96. The van der Waals surface area contributed by atoms with Crippen molar-refractivity contribution in [3.8, 4) is 5.95 Å². The first-order valence-electron chi connectivity index (χ1n) is 3.10. The summed E-state index contributed by atoms with van der Waals surface area (Å²) < 4.78 is 1.63. The number of rotatable bonds is 1. The molecule has 6 nitrogen and oxygen atoms in total. The summed E-state index contributed by atoms with van der Waals surface area (Å²) in [4.78, 5) is 4.07. The molecule has 1 N–H and O–H groups in total. The molecule has 11 heavy (non-hydrogen) atoms. The van der Waals surface area contributed by atoms with Crippen molar-refractivity contribution in [3.05, 3.63) is 18.5 Å². The average molecular weight is 150 g/mol. The van der Waals surface area contributed by atoms with Crippen LogP contribution in [0, 0.1) is 6.92 Å². The van der Waals surface area contributed by atoms with Gasteiger partial charge in [0.1, 0.15) is 18.5 Å². The Morgan fingerprint density at radius 1 is 1.36 bits per heavy atom. The van der Waals surface area contributed by atoms with Crippen molar-refractivity contribution in [2.75, 3.05) is 0 Å². The molecule has 0 saturated carbocycles. The molecule has 6 heteroatoms. The summed E-state index contributed by atoms with van der Waals surface area (Å²) in [5.74, 6) is 1.33. The highest BCUT2D eigenvalue weighted by atomic mass is 15.3. The molecule has 2 heterocycles. The van der Waals surface area contributed by atoms with Gasteiger partial charge < -0.3 is 0 Å². The van der Waals surface area contributed by atoms with Crippen LogP contribution in [-0.4, -0.2) is 29.9 Å². The van der Waals surface area contributed by atoms with Crippen molar-refractivity contribution < 1.29 is 0 Å². The Labute approximate surface area is 62.3 Å². The third-order valence-corrected chi connectivity index (χ3v) is 1.24. The molecule has 0 fully saturated rings. The zero-order chi connectivity index (χ0) is 7.68. The fourth-order valence-corrected chi connectivity index (χ4v) is 0.750. The lowest BCUT2D eigenvalue weighted by Crippen LogP contribution is -1.92. The molecule has 56 valence electrons. The van der Waals surface area contributed by atoms with E-state index in [0.29, 0.717) is 5.95 Å². The predicted molar refractivity (Wildman–Crippen MR) is 36.0 cm³/mol. The maximum absolute atomic E-state index is 4.07. The van der Waals surface area contributed by atoms with E-state index >= 15 is 0 Å². The molecule has 0 unspecified atom stereocenters. The van der Waals surface area contributed by atoms with Crippen LogP contribution >= 0.6 is 0 Å². The normalized spacial score (nSPS) is 10.3. The van der Waals surface area contributed by atoms with Gasteiger partial charge in [-0.25, -0.2) is 0 Å². The Hall–Kier alpha value is -1.72. The minimum Gasteiger partial charge on any atom is -0.261 e. The number of nitrogens with one attached hydrogen (secondary N) is 1. The van der Waals surface area contributed by atoms with Gasteiger partial charge >= 0.3 is 0 Å². The van der Waals surface area contributed by atoms with Gasteiger partial charge in [0.05, 0.1) is 0 Å². The molecule has 0 aliphatic carbocycles. The third-order valence-electron chi connectivity index (χ3n) is 1.24. The Kier molecular flexibility index (Phi) is 1.18. The smallest absolute Gasteiger partial charge is 0.255 e. The molecule has 0 aliphatic rings. The maximum Gasteiger partial charge on any atom is 0.255 e. The van der Waals surface area contributed by atoms with E-state index in [9.17, 15) is 0 Å². The van der Waals surface area contributed by atoms with E-state index < -0.39 is 0 Å². The Balaban J connectivity index is 2.45. The molecule has 0 amide bonds. The number of aromatic nitrogens is 6. The molecule has 0 saturated heterocycles. The second kappa shape index (κ2) is 2.15. The van der Waals surface area contributed by atoms with Crippen molar-refractivity contribution in [1.29, 1.82) is 0 Å². The van der Waals surface area contributed by atoms with Gasteiger partial charge in [-0.15, -0.1) is 15.3 Å². The SMILES string of the molecule is Cc1nc(-n2cnnc2)n[nH]1. The summed E-state index contributed by atoms with van der Waals surface area (Å²) in [7, 11) is 0. The van der Waals surface area contributed by atoms with Gasteiger partial charge in [-0.2, -0.15) is 4.98 Å². The van der Waals surface area contributed by atoms with Crippen LogP contribution in [0.4, 0.5) is 0 Å². The Bertz CT molecular complexity index is 333. The van der Waals surface area contributed by atoms with Crippen LogP contribution in [0.25, 0.3) is 5.95 Å². The number of aromatic amines is 1. The minimum absolute atomic E-state index is 0.563. The van der Waals surface area contributed by atoms with Gasteiger partial charge in [-0.1, -0.05) is 0 Å². The van der Waals surface area contributed by atoms with E-state index in [0.717, 1.165) is 5.82 Å². The fraction of sp³-hybridized carbons (Fsp3) is 0.200. The lowest BCUT2D eigenvalue weighted by molar-refractivity contribution is 0.929. The molecule has 0 bridgehead atoms. The van der Waals surface area contributed by atoms with Gasteiger partial charge in [0.2, 0.25) is 0 Å². The van der Waals surface area contributed by atoms with Crippen LogP contribution in [0.2, 0.25) is 0 Å². The maximum atomic E-state index is 4.07. The standard InChI is InChI=1S/C5H6N6/c1-4-8-5(10-9-4)11-2-6-7-3-11/h2-3H,1H3,(H,8,9,10). The van der Waals surface area contributed by atoms with Crippen LogP contribution < -0.4 is 0 Å². The predicted octanol–water partition coefficient (Wildman–Crippen LogP) is -0.306. The molecule has 0 aromatic carbocycles. The second-order valence-electron chi connectivity index (χ2n) is 2.09. The molecule has 0 radical (unpaired) electrons. The van der Waals surface area contributed by atoms with Gasteiger partial charge in [-0.3, -0.25) is 9.67 Å². The molecular weight excluding hydrogens is 144 g/mol. The van der Waals surface area contributed by atoms with Gasteiger partial charge in [0, 0.05) is 0 Å². The molecule has 0 atom stereocenters. The molecule has 0 aliphatic heterocycles. The van der Waals surface area contributed by atoms with Crippen LogP contribution in [0.3, 0.4) is 0 Å². The van der Waals surface area contributed by atoms with Crippen molar-refractivity contribution in [2.24, 2.45) is 0 Å². The van der Waals surface area contributed by atoms with Crippen molar-refractivity contribution in [1.82, 2.24) is 29.9 Å². The highest BCUT2D eigenvalue weighted by Gasteiger charge is 1.99. The monoisotopic (exact) mass is 150 g/mol. The Morgan fingerprint density at radius 2 is 2.09 bits per heavy atom. The first kappa shape index (κ1) is 6.02. The second-order valence-corrected chi connectivity index (χ2v) is 2.09. The van der Waals surface area contributed by atoms with Crippen molar-refractivity contribution in [2.45, 2.75) is 6.92 Å². The topological polar surface area (TPSA) is 72.3 Å². The van der Waals surface area contributed by atoms with Crippen molar-refractivity contribution >= 4 is 0 Å². The van der Waals surface area contributed by atoms with E-state index in [2.05, 4.69) is 25.4 Å². The number of aryl methyl sites for hydroxylation is 1. The summed E-state index contributed by atoms with van der Waals surface area (Å²) in [6.07, 6.45) is 3.09. The van der Waals surface area contributed by atoms with Crippen LogP contribution in [0.15, 0.2) is 12.7 Å². The summed E-state index contributed by atoms with van der Waals surface area (Å²) >= 11 is 0. The van der Waals surface area contributed by atoms with Crippen LogP contribution in [-0.2, 0) is 0 Å². The fourth-order valence-electron chi connectivity index (χ4n) is 0.750. The van der Waals surface area contributed by atoms with E-state index in [4.69, 9.17) is 0 Å². The zero-order valence-corrected chi connectivity index (χ0v) is 5.89.